The van der Waals surface area contributed by atoms with Gasteiger partial charge in [0, 0.05) is 36.1 Å². The van der Waals surface area contributed by atoms with Gasteiger partial charge in [-0.3, -0.25) is 9.55 Å². The number of rotatable bonds is 5. The summed E-state index contributed by atoms with van der Waals surface area (Å²) < 4.78 is 7.39. The van der Waals surface area contributed by atoms with E-state index in [-0.39, 0.29) is 12.6 Å². The van der Waals surface area contributed by atoms with Crippen LogP contribution in [0.1, 0.15) is 77.2 Å². The van der Waals surface area contributed by atoms with Gasteiger partial charge in [-0.25, -0.2) is 14.8 Å². The molecule has 1 amide bonds. The van der Waals surface area contributed by atoms with Crippen molar-refractivity contribution in [2.24, 2.45) is 0 Å². The van der Waals surface area contributed by atoms with Gasteiger partial charge in [0.15, 0.2) is 17.5 Å². The number of ether oxygens (including phenoxy) is 1. The number of alkyl carbamates (subject to hydrolysis) is 1. The van der Waals surface area contributed by atoms with Gasteiger partial charge in [-0.15, -0.1) is 10.2 Å². The molecule has 184 valence electrons. The maximum absolute atomic E-state index is 12.2. The maximum atomic E-state index is 12.2. The van der Waals surface area contributed by atoms with Gasteiger partial charge in [0.2, 0.25) is 0 Å². The highest BCUT2D eigenvalue weighted by atomic mass is 16.6. The first kappa shape index (κ1) is 23.2. The van der Waals surface area contributed by atoms with Crippen molar-refractivity contribution in [1.29, 1.82) is 0 Å². The summed E-state index contributed by atoms with van der Waals surface area (Å²) in [5.74, 6) is 2.44. The molecule has 5 rings (SSSR count). The van der Waals surface area contributed by atoms with Gasteiger partial charge < -0.3 is 15.0 Å². The van der Waals surface area contributed by atoms with Crippen LogP contribution in [0.25, 0.3) is 17.1 Å². The number of aromatic nitrogens is 6. The Morgan fingerprint density at radius 1 is 1.23 bits per heavy atom. The Kier molecular flexibility index (Phi) is 6.12. The number of hydrogen-bond acceptors (Lipinski definition) is 8. The molecule has 0 spiro atoms. The van der Waals surface area contributed by atoms with Crippen molar-refractivity contribution in [3.63, 3.8) is 0 Å². The van der Waals surface area contributed by atoms with E-state index in [0.717, 1.165) is 47.7 Å². The predicted octanol–water partition coefficient (Wildman–Crippen LogP) is 4.36. The molecule has 0 radical (unpaired) electrons. The number of amides is 1. The minimum Gasteiger partial charge on any atom is -0.444 e. The normalized spacial score (nSPS) is 17.7. The molecule has 1 N–H and O–H groups in total. The Bertz CT molecular complexity index is 1210. The van der Waals surface area contributed by atoms with E-state index in [1.165, 1.54) is 12.8 Å². The molecule has 1 atom stereocenters. The zero-order valence-electron chi connectivity index (χ0n) is 20.7. The standard InChI is InChI=1S/C25H32N8O2/c1-5-19-23-31-29-15-32(23)20-14-27-21(30-22(20)33(19)17-8-6-7-9-17)18-10-11-26-12-16(18)13-28-24(34)35-25(2,3)4/h10-12,14-15,17,19H,5-9,13H2,1-4H3,(H,28,34)/t19-/m1/s1. The number of hydrogen-bond donors (Lipinski definition) is 1. The van der Waals surface area contributed by atoms with Gasteiger partial charge in [-0.2, -0.15) is 0 Å². The largest absolute Gasteiger partial charge is 0.444 e. The van der Waals surface area contributed by atoms with E-state index in [2.05, 4.69) is 32.3 Å². The van der Waals surface area contributed by atoms with Crippen molar-refractivity contribution in [2.75, 3.05) is 4.90 Å². The number of anilines is 1. The first-order valence-electron chi connectivity index (χ1n) is 12.3. The predicted molar refractivity (Wildman–Crippen MR) is 131 cm³/mol. The SMILES string of the molecule is CC[C@@H]1c2nncn2-c2cnc(-c3ccncc3CNC(=O)OC(C)(C)C)nc2N1C1CCCC1. The molecule has 0 saturated heterocycles. The highest BCUT2D eigenvalue weighted by Crippen LogP contribution is 2.43. The molecule has 10 nitrogen and oxygen atoms in total. The smallest absolute Gasteiger partial charge is 0.407 e. The summed E-state index contributed by atoms with van der Waals surface area (Å²) in [5.41, 5.74) is 1.98. The van der Waals surface area contributed by atoms with Gasteiger partial charge in [0.1, 0.15) is 17.6 Å². The topological polar surface area (TPSA) is 111 Å². The lowest BCUT2D eigenvalue weighted by molar-refractivity contribution is 0.0523. The van der Waals surface area contributed by atoms with Crippen LogP contribution in [0.3, 0.4) is 0 Å². The molecular formula is C25H32N8O2. The molecular weight excluding hydrogens is 444 g/mol. The van der Waals surface area contributed by atoms with Crippen LogP contribution in [0.5, 0.6) is 0 Å². The van der Waals surface area contributed by atoms with Gasteiger partial charge in [-0.05, 0) is 46.1 Å². The van der Waals surface area contributed by atoms with Crippen LogP contribution >= 0.6 is 0 Å². The molecule has 0 unspecified atom stereocenters. The van der Waals surface area contributed by atoms with E-state index in [1.807, 2.05) is 37.6 Å². The van der Waals surface area contributed by atoms with E-state index in [1.54, 1.807) is 18.7 Å². The second-order valence-electron chi connectivity index (χ2n) is 10.1. The molecule has 3 aromatic rings. The van der Waals surface area contributed by atoms with E-state index < -0.39 is 11.7 Å². The average Bonchev–Trinajstić information content (AvgIpc) is 3.53. The lowest BCUT2D eigenvalue weighted by Gasteiger charge is -2.40. The molecule has 10 heteroatoms. The van der Waals surface area contributed by atoms with Crippen LogP contribution in [0, 0.1) is 0 Å². The van der Waals surface area contributed by atoms with Crippen LogP contribution in [0.15, 0.2) is 31.0 Å². The fraction of sp³-hybridized carbons (Fsp3) is 0.520. The fourth-order valence-electron chi connectivity index (χ4n) is 5.04. The van der Waals surface area contributed by atoms with E-state index >= 15 is 0 Å². The quantitative estimate of drug-likeness (QED) is 0.578. The van der Waals surface area contributed by atoms with Crippen LogP contribution in [0.2, 0.25) is 0 Å². The van der Waals surface area contributed by atoms with E-state index in [0.29, 0.717) is 11.9 Å². The lowest BCUT2D eigenvalue weighted by atomic mass is 10.0. The summed E-state index contributed by atoms with van der Waals surface area (Å²) in [6.07, 6.45) is 12.2. The summed E-state index contributed by atoms with van der Waals surface area (Å²) in [6, 6.07) is 2.41. The third-order valence-corrected chi connectivity index (χ3v) is 6.53. The molecule has 35 heavy (non-hydrogen) atoms. The Balaban J connectivity index is 1.51. The zero-order chi connectivity index (χ0) is 24.6. The minimum atomic E-state index is -0.565. The molecule has 1 fully saturated rings. The molecule has 0 aromatic carbocycles. The highest BCUT2D eigenvalue weighted by Gasteiger charge is 2.38. The Morgan fingerprint density at radius 3 is 2.77 bits per heavy atom. The summed E-state index contributed by atoms with van der Waals surface area (Å²) in [7, 11) is 0. The Hall–Kier alpha value is -3.56. The maximum Gasteiger partial charge on any atom is 0.407 e. The molecule has 1 aliphatic carbocycles. The van der Waals surface area contributed by atoms with Gasteiger partial charge in [-0.1, -0.05) is 19.8 Å². The molecule has 2 aliphatic rings. The molecule has 1 saturated carbocycles. The van der Waals surface area contributed by atoms with Gasteiger partial charge >= 0.3 is 6.09 Å². The van der Waals surface area contributed by atoms with Gasteiger partial charge in [0.05, 0.1) is 12.2 Å². The number of nitrogens with one attached hydrogen (secondary N) is 1. The molecule has 0 bridgehead atoms. The molecule has 4 heterocycles. The van der Waals surface area contributed by atoms with Crippen molar-refractivity contribution < 1.29 is 9.53 Å². The highest BCUT2D eigenvalue weighted by molar-refractivity contribution is 5.70. The van der Waals surface area contributed by atoms with E-state index in [9.17, 15) is 4.79 Å². The Morgan fingerprint density at radius 2 is 2.03 bits per heavy atom. The van der Waals surface area contributed by atoms with Crippen molar-refractivity contribution >= 4 is 11.9 Å². The van der Waals surface area contributed by atoms with Gasteiger partial charge in [0.25, 0.3) is 0 Å². The van der Waals surface area contributed by atoms with Crippen molar-refractivity contribution in [3.8, 4) is 17.1 Å². The summed E-state index contributed by atoms with van der Waals surface area (Å²) >= 11 is 0. The third-order valence-electron chi connectivity index (χ3n) is 6.53. The fourth-order valence-corrected chi connectivity index (χ4v) is 5.04. The second kappa shape index (κ2) is 9.24. The van der Waals surface area contributed by atoms with Crippen molar-refractivity contribution in [3.05, 3.63) is 42.4 Å². The summed E-state index contributed by atoms with van der Waals surface area (Å²) in [5, 5.41) is 11.5. The minimum absolute atomic E-state index is 0.113. The van der Waals surface area contributed by atoms with Crippen molar-refractivity contribution in [2.45, 2.75) is 84.0 Å². The first-order chi connectivity index (χ1) is 16.9. The lowest BCUT2D eigenvalue weighted by Crippen LogP contribution is -2.42. The molecule has 3 aromatic heterocycles. The first-order valence-corrected chi connectivity index (χ1v) is 12.3. The zero-order valence-corrected chi connectivity index (χ0v) is 20.7. The van der Waals surface area contributed by atoms with Crippen LogP contribution in [-0.4, -0.2) is 47.5 Å². The average molecular weight is 477 g/mol. The number of carbonyl (C=O) groups is 1. The summed E-state index contributed by atoms with van der Waals surface area (Å²) in [6.45, 7) is 7.96. The second-order valence-corrected chi connectivity index (χ2v) is 10.1. The monoisotopic (exact) mass is 476 g/mol. The number of fused-ring (bicyclic) bond motifs is 3. The van der Waals surface area contributed by atoms with Crippen LogP contribution in [-0.2, 0) is 11.3 Å². The van der Waals surface area contributed by atoms with E-state index in [4.69, 9.17) is 14.7 Å². The summed E-state index contributed by atoms with van der Waals surface area (Å²) in [4.78, 5) is 28.7. The van der Waals surface area contributed by atoms with Crippen molar-refractivity contribution in [1.82, 2.24) is 35.0 Å². The number of carbonyl (C=O) groups excluding carboxylic acids is 1. The third kappa shape index (κ3) is 4.56. The number of nitrogens with zero attached hydrogens (tertiary/aromatic N) is 7. The molecule has 1 aliphatic heterocycles. The van der Waals surface area contributed by atoms with Crippen LogP contribution < -0.4 is 10.2 Å². The Labute approximate surface area is 205 Å². The van der Waals surface area contributed by atoms with Crippen LogP contribution in [0.4, 0.5) is 10.6 Å². The number of pyridine rings is 1.